The van der Waals surface area contributed by atoms with Gasteiger partial charge in [0.05, 0.1) is 27.4 Å². The molecule has 0 spiro atoms. The number of anilines is 1. The summed E-state index contributed by atoms with van der Waals surface area (Å²) in [6, 6.07) is 13.9. The number of non-ortho nitro benzene ring substituents is 1. The van der Waals surface area contributed by atoms with Gasteiger partial charge in [0.2, 0.25) is 5.91 Å². The number of thiazole rings is 1. The zero-order chi connectivity index (χ0) is 20.9. The summed E-state index contributed by atoms with van der Waals surface area (Å²) in [4.78, 5) is 36.3. The molecule has 1 amide bonds. The lowest BCUT2D eigenvalue weighted by Crippen LogP contribution is -2.14. The zero-order valence-electron chi connectivity index (χ0n) is 15.5. The van der Waals surface area contributed by atoms with Gasteiger partial charge in [-0.25, -0.2) is 15.0 Å². The molecule has 0 radical (unpaired) electrons. The van der Waals surface area contributed by atoms with Crippen molar-refractivity contribution in [3.8, 4) is 0 Å². The predicted molar refractivity (Wildman–Crippen MR) is 117 cm³/mol. The third-order valence-electron chi connectivity index (χ3n) is 4.12. The Kier molecular flexibility index (Phi) is 5.96. The Morgan fingerprint density at radius 1 is 1.13 bits per heavy atom. The summed E-state index contributed by atoms with van der Waals surface area (Å²) in [5, 5.41) is 16.8. The summed E-state index contributed by atoms with van der Waals surface area (Å²) < 4.78 is 0. The van der Waals surface area contributed by atoms with E-state index >= 15 is 0 Å². The lowest BCUT2D eigenvalue weighted by Gasteiger charge is -2.10. The number of hydrogen-bond acceptors (Lipinski definition) is 8. The smallest absolute Gasteiger partial charge is 0.269 e. The van der Waals surface area contributed by atoms with E-state index in [1.165, 1.54) is 35.2 Å². The Morgan fingerprint density at radius 3 is 2.67 bits per heavy atom. The topological polar surface area (TPSA) is 111 Å². The van der Waals surface area contributed by atoms with Crippen molar-refractivity contribution in [3.63, 3.8) is 0 Å². The summed E-state index contributed by atoms with van der Waals surface area (Å²) in [6.07, 6.45) is 2.00. The minimum atomic E-state index is -0.422. The van der Waals surface area contributed by atoms with Crippen LogP contribution in [0.1, 0.15) is 11.3 Å². The average molecular weight is 438 g/mol. The van der Waals surface area contributed by atoms with Crippen LogP contribution in [0.25, 0.3) is 11.0 Å². The van der Waals surface area contributed by atoms with Gasteiger partial charge in [0.15, 0.2) is 5.13 Å². The molecule has 0 atom stereocenters. The van der Waals surface area contributed by atoms with Crippen molar-refractivity contribution in [2.24, 2.45) is 0 Å². The highest BCUT2D eigenvalue weighted by molar-refractivity contribution is 8.00. The van der Waals surface area contributed by atoms with Crippen LogP contribution in [0.5, 0.6) is 0 Å². The Labute approximate surface area is 179 Å². The number of benzene rings is 2. The molecule has 4 rings (SSSR count). The molecule has 0 fully saturated rings. The molecule has 0 aliphatic carbocycles. The first kappa shape index (κ1) is 19.9. The molecule has 1 N–H and O–H groups in total. The molecule has 0 aliphatic heterocycles. The minimum absolute atomic E-state index is 0.0262. The van der Waals surface area contributed by atoms with Crippen LogP contribution in [0, 0.1) is 10.1 Å². The number of carbonyl (C=O) groups excluding carboxylic acids is 1. The van der Waals surface area contributed by atoms with E-state index in [1.807, 2.05) is 30.3 Å². The molecule has 150 valence electrons. The van der Waals surface area contributed by atoms with Gasteiger partial charge in [0, 0.05) is 30.1 Å². The number of nitrogens with zero attached hydrogens (tertiary/aromatic N) is 4. The van der Waals surface area contributed by atoms with Crippen LogP contribution in [0.2, 0.25) is 0 Å². The van der Waals surface area contributed by atoms with Gasteiger partial charge in [-0.3, -0.25) is 14.9 Å². The fraction of sp³-hybridized carbons (Fsp3) is 0.100. The molecule has 4 aromatic rings. The second-order valence-corrected chi connectivity index (χ2v) is 8.10. The molecule has 8 nitrogen and oxygen atoms in total. The third-order valence-corrected chi connectivity index (χ3v) is 5.81. The van der Waals surface area contributed by atoms with E-state index in [0.717, 1.165) is 16.6 Å². The number of rotatable bonds is 7. The molecule has 0 aliphatic rings. The number of hydrogen-bond donors (Lipinski definition) is 1. The van der Waals surface area contributed by atoms with Crippen LogP contribution in [0.3, 0.4) is 0 Å². The Morgan fingerprint density at radius 2 is 1.93 bits per heavy atom. The van der Waals surface area contributed by atoms with E-state index in [9.17, 15) is 14.9 Å². The molecule has 2 aromatic heterocycles. The van der Waals surface area contributed by atoms with Crippen molar-refractivity contribution in [1.29, 1.82) is 0 Å². The SMILES string of the molecule is O=C(CSc1nc2ccccc2nc1Cc1cccc([N+](=O)[O-])c1)Nc1nccs1. The van der Waals surface area contributed by atoms with Gasteiger partial charge in [-0.05, 0) is 17.7 Å². The number of amides is 1. The van der Waals surface area contributed by atoms with Crippen LogP contribution < -0.4 is 5.32 Å². The summed E-state index contributed by atoms with van der Waals surface area (Å²) in [5.74, 6) is -0.0413. The molecular weight excluding hydrogens is 422 g/mol. The van der Waals surface area contributed by atoms with Crippen molar-refractivity contribution in [2.45, 2.75) is 11.4 Å². The fourth-order valence-corrected chi connectivity index (χ4v) is 4.13. The number of aromatic nitrogens is 3. The number of nitrogens with one attached hydrogen (secondary N) is 1. The maximum atomic E-state index is 12.2. The normalized spacial score (nSPS) is 10.8. The van der Waals surface area contributed by atoms with Gasteiger partial charge in [-0.15, -0.1) is 11.3 Å². The van der Waals surface area contributed by atoms with Gasteiger partial charge in [-0.1, -0.05) is 36.0 Å². The predicted octanol–water partition coefficient (Wildman–Crippen LogP) is 4.32. The standard InChI is InChI=1S/C20H15N5O3S2/c26-18(24-20-21-8-9-29-20)12-30-19-17(22-15-6-1-2-7-16(15)23-19)11-13-4-3-5-14(10-13)25(27)28/h1-10H,11-12H2,(H,21,24,26). The summed E-state index contributed by atoms with van der Waals surface area (Å²) in [6.45, 7) is 0. The van der Waals surface area contributed by atoms with Crippen molar-refractivity contribution in [2.75, 3.05) is 11.1 Å². The van der Waals surface area contributed by atoms with Crippen LogP contribution in [0.15, 0.2) is 65.1 Å². The van der Waals surface area contributed by atoms with Crippen LogP contribution in [0.4, 0.5) is 10.8 Å². The largest absolute Gasteiger partial charge is 0.301 e. The second kappa shape index (κ2) is 8.97. The molecule has 2 heterocycles. The third kappa shape index (κ3) is 4.78. The van der Waals surface area contributed by atoms with Gasteiger partial charge >= 0.3 is 0 Å². The summed E-state index contributed by atoms with van der Waals surface area (Å²) in [7, 11) is 0. The van der Waals surface area contributed by atoms with Crippen LogP contribution >= 0.6 is 23.1 Å². The van der Waals surface area contributed by atoms with Crippen LogP contribution in [-0.2, 0) is 11.2 Å². The van der Waals surface area contributed by atoms with Gasteiger partial charge in [0.1, 0.15) is 5.03 Å². The highest BCUT2D eigenvalue weighted by Gasteiger charge is 2.14. The number of fused-ring (bicyclic) bond motifs is 1. The van der Waals surface area contributed by atoms with Gasteiger partial charge < -0.3 is 5.32 Å². The van der Waals surface area contributed by atoms with Crippen molar-refractivity contribution in [1.82, 2.24) is 15.0 Å². The summed E-state index contributed by atoms with van der Waals surface area (Å²) in [5.41, 5.74) is 2.90. The second-order valence-electron chi connectivity index (χ2n) is 6.24. The first-order valence-corrected chi connectivity index (χ1v) is 10.8. The Bertz CT molecular complexity index is 1210. The minimum Gasteiger partial charge on any atom is -0.301 e. The lowest BCUT2D eigenvalue weighted by molar-refractivity contribution is -0.384. The first-order chi connectivity index (χ1) is 14.6. The quantitative estimate of drug-likeness (QED) is 0.260. The summed E-state index contributed by atoms with van der Waals surface area (Å²) >= 11 is 2.63. The monoisotopic (exact) mass is 437 g/mol. The van der Waals surface area contributed by atoms with E-state index in [-0.39, 0.29) is 17.3 Å². The van der Waals surface area contributed by atoms with E-state index in [0.29, 0.717) is 22.3 Å². The fourth-order valence-electron chi connectivity index (χ4n) is 2.80. The van der Waals surface area contributed by atoms with Gasteiger partial charge in [0.25, 0.3) is 5.69 Å². The average Bonchev–Trinajstić information content (AvgIpc) is 3.25. The van der Waals surface area contributed by atoms with E-state index < -0.39 is 4.92 Å². The maximum Gasteiger partial charge on any atom is 0.269 e. The van der Waals surface area contributed by atoms with Gasteiger partial charge in [-0.2, -0.15) is 0 Å². The molecule has 30 heavy (non-hydrogen) atoms. The van der Waals surface area contributed by atoms with Crippen LogP contribution in [-0.4, -0.2) is 31.5 Å². The molecule has 2 aromatic carbocycles. The Balaban J connectivity index is 1.59. The zero-order valence-corrected chi connectivity index (χ0v) is 17.2. The number of nitro benzene ring substituents is 1. The highest BCUT2D eigenvalue weighted by atomic mass is 32.2. The number of para-hydroxylation sites is 2. The molecule has 0 unspecified atom stereocenters. The number of carbonyl (C=O) groups is 1. The van der Waals surface area contributed by atoms with E-state index in [1.54, 1.807) is 17.6 Å². The molecular formula is C20H15N5O3S2. The lowest BCUT2D eigenvalue weighted by atomic mass is 10.1. The first-order valence-electron chi connectivity index (χ1n) is 8.89. The highest BCUT2D eigenvalue weighted by Crippen LogP contribution is 2.26. The number of nitro groups is 1. The molecule has 0 bridgehead atoms. The number of thioether (sulfide) groups is 1. The van der Waals surface area contributed by atoms with E-state index in [4.69, 9.17) is 4.98 Å². The Hall–Kier alpha value is -3.37. The maximum absolute atomic E-state index is 12.2. The molecule has 10 heteroatoms. The van der Waals surface area contributed by atoms with Crippen molar-refractivity contribution in [3.05, 3.63) is 81.5 Å². The van der Waals surface area contributed by atoms with Crippen molar-refractivity contribution < 1.29 is 9.72 Å². The molecule has 0 saturated heterocycles. The van der Waals surface area contributed by atoms with E-state index in [2.05, 4.69) is 15.3 Å². The van der Waals surface area contributed by atoms with Crippen molar-refractivity contribution >= 4 is 50.9 Å². The molecule has 0 saturated carbocycles.